The van der Waals surface area contributed by atoms with E-state index in [9.17, 15) is 86.8 Å². The Morgan fingerprint density at radius 3 is 0.821 bits per heavy atom. The molecule has 0 aromatic carbocycles. The van der Waals surface area contributed by atoms with Gasteiger partial charge in [0.05, 0.1) is 33.0 Å². The highest BCUT2D eigenvalue weighted by Crippen LogP contribution is 2.35. The Kier molecular flexibility index (Phi) is 16.1. The molecule has 0 radical (unpaired) electrons. The standard InChI is InChI=1S/C30H52O26/c31-1-6-11(36)12(37)18(43)27(49-6)54-23-8(3-33)51-29(20(45)14(23)39)56-25-10(5-35)52-30(21(46)16(25)41)55-24-9(4-34)50-28(19(44)15(24)40)53-22-7(2-32)48-26(47)17(42)13(22)38/h6-47H,1-5H2/t6-,7-,8-,9-,10-,11-,12+,13-,14-,15-,16-,17+,18-,19+,20+,21+,22-,23-,24-,25-,26-,27+,28+,29+,30+/m1/s1. The summed E-state index contributed by atoms with van der Waals surface area (Å²) in [5.41, 5.74) is 0. The van der Waals surface area contributed by atoms with Crippen LogP contribution in [0.4, 0.5) is 0 Å². The molecule has 5 fully saturated rings. The first-order valence-electron chi connectivity index (χ1n) is 17.6. The van der Waals surface area contributed by atoms with Gasteiger partial charge in [0.15, 0.2) is 31.5 Å². The lowest BCUT2D eigenvalue weighted by Crippen LogP contribution is -2.68. The molecular weight excluding hydrogens is 776 g/mol. The Balaban J connectivity index is 1.22. The van der Waals surface area contributed by atoms with E-state index in [-0.39, 0.29) is 0 Å². The molecule has 5 rings (SSSR count). The molecule has 26 heteroatoms. The van der Waals surface area contributed by atoms with Gasteiger partial charge in [-0.15, -0.1) is 0 Å². The first-order chi connectivity index (χ1) is 26.5. The van der Waals surface area contributed by atoms with Crippen molar-refractivity contribution in [1.82, 2.24) is 0 Å². The average molecular weight is 829 g/mol. The third-order valence-electron chi connectivity index (χ3n) is 10.3. The summed E-state index contributed by atoms with van der Waals surface area (Å²) in [5, 5.41) is 176. The minimum Gasteiger partial charge on any atom is -0.394 e. The fraction of sp³-hybridized carbons (Fsp3) is 1.00. The number of ether oxygens (including phenoxy) is 9. The van der Waals surface area contributed by atoms with E-state index in [1.165, 1.54) is 0 Å². The molecule has 0 aliphatic carbocycles. The van der Waals surface area contributed by atoms with Crippen LogP contribution in [0, 0.1) is 0 Å². The van der Waals surface area contributed by atoms with Crippen LogP contribution in [-0.2, 0) is 42.6 Å². The lowest BCUT2D eigenvalue weighted by Gasteiger charge is -2.49. The van der Waals surface area contributed by atoms with Crippen molar-refractivity contribution in [2.75, 3.05) is 33.0 Å². The molecule has 0 spiro atoms. The lowest BCUT2D eigenvalue weighted by atomic mass is 9.95. The molecular formula is C30H52O26. The minimum atomic E-state index is -2.12. The fourth-order valence-electron chi connectivity index (χ4n) is 7.03. The van der Waals surface area contributed by atoms with E-state index in [1.807, 2.05) is 0 Å². The molecule has 26 nitrogen and oxygen atoms in total. The maximum Gasteiger partial charge on any atom is 0.187 e. The molecule has 328 valence electrons. The van der Waals surface area contributed by atoms with Crippen molar-refractivity contribution in [1.29, 1.82) is 0 Å². The van der Waals surface area contributed by atoms with Gasteiger partial charge >= 0.3 is 0 Å². The van der Waals surface area contributed by atoms with Gasteiger partial charge in [0.25, 0.3) is 0 Å². The summed E-state index contributed by atoms with van der Waals surface area (Å²) in [4.78, 5) is 0. The normalized spacial score (nSPS) is 53.2. The third-order valence-corrected chi connectivity index (χ3v) is 10.3. The molecule has 56 heavy (non-hydrogen) atoms. The minimum absolute atomic E-state index is 0.811. The molecule has 5 aliphatic heterocycles. The molecule has 25 atom stereocenters. The van der Waals surface area contributed by atoms with Gasteiger partial charge in [-0.1, -0.05) is 0 Å². The van der Waals surface area contributed by atoms with E-state index < -0.39 is 187 Å². The van der Waals surface area contributed by atoms with Crippen molar-refractivity contribution in [3.63, 3.8) is 0 Å². The van der Waals surface area contributed by atoms with Crippen molar-refractivity contribution < 1.29 is 129 Å². The summed E-state index contributed by atoms with van der Waals surface area (Å²) in [6.07, 6.45) is -45.8. The summed E-state index contributed by atoms with van der Waals surface area (Å²) in [7, 11) is 0. The molecule has 5 aliphatic rings. The number of aliphatic hydroxyl groups excluding tert-OH is 17. The topological polar surface area (TPSA) is 427 Å². The Bertz CT molecular complexity index is 1200. The van der Waals surface area contributed by atoms with Crippen LogP contribution in [-0.4, -0.2) is 273 Å². The second-order valence-corrected chi connectivity index (χ2v) is 13.9. The maximum atomic E-state index is 11.1. The molecule has 0 aromatic heterocycles. The Labute approximate surface area is 316 Å². The van der Waals surface area contributed by atoms with Crippen LogP contribution in [0.1, 0.15) is 0 Å². The predicted molar refractivity (Wildman–Crippen MR) is 167 cm³/mol. The van der Waals surface area contributed by atoms with Crippen LogP contribution >= 0.6 is 0 Å². The van der Waals surface area contributed by atoms with Gasteiger partial charge in [-0.05, 0) is 0 Å². The highest BCUT2D eigenvalue weighted by Gasteiger charge is 2.56. The monoisotopic (exact) mass is 828 g/mol. The Morgan fingerprint density at radius 1 is 0.268 bits per heavy atom. The molecule has 0 unspecified atom stereocenters. The maximum absolute atomic E-state index is 11.1. The van der Waals surface area contributed by atoms with Crippen LogP contribution in [0.5, 0.6) is 0 Å². The molecule has 5 heterocycles. The Morgan fingerprint density at radius 2 is 0.518 bits per heavy atom. The van der Waals surface area contributed by atoms with E-state index in [2.05, 4.69) is 0 Å². The predicted octanol–water partition coefficient (Wildman–Crippen LogP) is -11.9. The van der Waals surface area contributed by atoms with Gasteiger partial charge in [0.2, 0.25) is 0 Å². The Hall–Kier alpha value is -1.04. The average Bonchev–Trinajstić information content (AvgIpc) is 3.19. The molecule has 0 saturated carbocycles. The van der Waals surface area contributed by atoms with Gasteiger partial charge in [-0.25, -0.2) is 0 Å². The largest absolute Gasteiger partial charge is 0.394 e. The number of aliphatic hydroxyl groups is 17. The van der Waals surface area contributed by atoms with Crippen LogP contribution in [0.2, 0.25) is 0 Å². The second kappa shape index (κ2) is 19.6. The summed E-state index contributed by atoms with van der Waals surface area (Å²) < 4.78 is 49.1. The van der Waals surface area contributed by atoms with Gasteiger partial charge < -0.3 is 129 Å². The molecule has 0 aromatic rings. The SMILES string of the molecule is OC[C@H]1O[C@@H](O[C@H]2[C@H](O)[C@H](O)[C@H](O[C@H]3[C@H](O)[C@H](O)[C@H](O[C@H]4[C@H](O)[C@H](O)[C@H](O[C@H]5[C@H](O)[C@H](O)[C@H](O)O[C@@H]5CO)O[C@@H]4CO)O[C@@H]3CO)O[C@@H]2CO)[C@H](O)[C@@H](O)[C@@H]1O. The molecule has 0 amide bonds. The van der Waals surface area contributed by atoms with Crippen LogP contribution < -0.4 is 0 Å². The second-order valence-electron chi connectivity index (χ2n) is 13.9. The zero-order valence-corrected chi connectivity index (χ0v) is 29.2. The molecule has 0 bridgehead atoms. The van der Waals surface area contributed by atoms with E-state index in [0.29, 0.717) is 0 Å². The van der Waals surface area contributed by atoms with Crippen LogP contribution in [0.25, 0.3) is 0 Å². The van der Waals surface area contributed by atoms with Gasteiger partial charge in [-0.3, -0.25) is 0 Å². The number of hydrogen-bond acceptors (Lipinski definition) is 26. The zero-order chi connectivity index (χ0) is 41.3. The first-order valence-corrected chi connectivity index (χ1v) is 17.6. The third kappa shape index (κ3) is 9.16. The number of rotatable bonds is 13. The summed E-state index contributed by atoms with van der Waals surface area (Å²) >= 11 is 0. The highest BCUT2D eigenvalue weighted by molar-refractivity contribution is 4.99. The lowest BCUT2D eigenvalue weighted by molar-refractivity contribution is -0.392. The van der Waals surface area contributed by atoms with Gasteiger partial charge in [0.1, 0.15) is 122 Å². The van der Waals surface area contributed by atoms with Crippen LogP contribution in [0.15, 0.2) is 0 Å². The summed E-state index contributed by atoms with van der Waals surface area (Å²) in [6, 6.07) is 0. The van der Waals surface area contributed by atoms with Crippen LogP contribution in [0.3, 0.4) is 0 Å². The van der Waals surface area contributed by atoms with Gasteiger partial charge in [0, 0.05) is 0 Å². The van der Waals surface area contributed by atoms with E-state index in [1.54, 1.807) is 0 Å². The summed E-state index contributed by atoms with van der Waals surface area (Å²) in [6.45, 7) is -4.51. The van der Waals surface area contributed by atoms with Crippen molar-refractivity contribution >= 4 is 0 Å². The van der Waals surface area contributed by atoms with Crippen molar-refractivity contribution in [2.24, 2.45) is 0 Å². The smallest absolute Gasteiger partial charge is 0.187 e. The zero-order valence-electron chi connectivity index (χ0n) is 29.2. The van der Waals surface area contributed by atoms with Crippen molar-refractivity contribution in [3.05, 3.63) is 0 Å². The fourth-order valence-corrected chi connectivity index (χ4v) is 7.03. The first kappa shape index (κ1) is 46.0. The van der Waals surface area contributed by atoms with Crippen molar-refractivity contribution in [2.45, 2.75) is 154 Å². The highest BCUT2D eigenvalue weighted by atomic mass is 16.8. The van der Waals surface area contributed by atoms with Crippen molar-refractivity contribution in [3.8, 4) is 0 Å². The van der Waals surface area contributed by atoms with E-state index in [0.717, 1.165) is 0 Å². The molecule has 5 saturated heterocycles. The summed E-state index contributed by atoms with van der Waals surface area (Å²) in [5.74, 6) is 0. The van der Waals surface area contributed by atoms with E-state index in [4.69, 9.17) is 42.6 Å². The van der Waals surface area contributed by atoms with Gasteiger partial charge in [-0.2, -0.15) is 0 Å². The number of hydrogen-bond donors (Lipinski definition) is 17. The quantitative estimate of drug-likeness (QED) is 0.0819. The molecule has 17 N–H and O–H groups in total. The van der Waals surface area contributed by atoms with E-state index >= 15 is 0 Å².